The molecule has 126 valence electrons. The summed E-state index contributed by atoms with van der Waals surface area (Å²) in [6.07, 6.45) is 7.47. The van der Waals surface area contributed by atoms with Crippen molar-refractivity contribution in [2.75, 3.05) is 31.1 Å². The van der Waals surface area contributed by atoms with Crippen LogP contribution in [-0.2, 0) is 0 Å². The van der Waals surface area contributed by atoms with Gasteiger partial charge < -0.3 is 9.80 Å². The molecule has 1 amide bonds. The molecule has 1 aliphatic heterocycles. The van der Waals surface area contributed by atoms with Gasteiger partial charge in [-0.2, -0.15) is 5.10 Å². The van der Waals surface area contributed by atoms with Gasteiger partial charge in [0, 0.05) is 62.0 Å². The van der Waals surface area contributed by atoms with Crippen molar-refractivity contribution in [1.82, 2.24) is 14.7 Å². The van der Waals surface area contributed by atoms with E-state index in [2.05, 4.69) is 27.1 Å². The number of aromatic nitrogens is 3. The Bertz CT molecular complexity index is 822. The van der Waals surface area contributed by atoms with E-state index in [4.69, 9.17) is 0 Å². The van der Waals surface area contributed by atoms with E-state index in [1.54, 1.807) is 10.9 Å². The summed E-state index contributed by atoms with van der Waals surface area (Å²) >= 11 is 0. The molecule has 0 radical (unpaired) electrons. The number of amides is 1. The van der Waals surface area contributed by atoms with Crippen LogP contribution in [-0.4, -0.2) is 46.8 Å². The molecular weight excluding hydrogens is 314 g/mol. The highest BCUT2D eigenvalue weighted by atomic mass is 16.2. The second kappa shape index (κ2) is 6.76. The van der Waals surface area contributed by atoms with E-state index < -0.39 is 0 Å². The van der Waals surface area contributed by atoms with Crippen LogP contribution in [0.3, 0.4) is 0 Å². The minimum absolute atomic E-state index is 0.0908. The maximum Gasteiger partial charge on any atom is 0.253 e. The third-order valence-corrected chi connectivity index (χ3v) is 4.52. The van der Waals surface area contributed by atoms with Gasteiger partial charge in [0.2, 0.25) is 0 Å². The Balaban J connectivity index is 1.40. The molecule has 1 aliphatic rings. The number of nitrogens with zero attached hydrogens (tertiary/aromatic N) is 4. The van der Waals surface area contributed by atoms with Crippen LogP contribution in [0.4, 0.5) is 5.69 Å². The van der Waals surface area contributed by atoms with Crippen LogP contribution in [0.2, 0.25) is 0 Å². The van der Waals surface area contributed by atoms with Crippen LogP contribution in [0.5, 0.6) is 0 Å². The highest BCUT2D eigenvalue weighted by molar-refractivity contribution is 5.94. The van der Waals surface area contributed by atoms with Gasteiger partial charge in [-0.15, -0.1) is 0 Å². The summed E-state index contributed by atoms with van der Waals surface area (Å²) in [5, 5.41) is 4.20. The average molecular weight is 334 g/mol. The molecule has 3 aromatic rings. The van der Waals surface area contributed by atoms with Gasteiger partial charge in [0.05, 0.1) is 5.69 Å². The number of benzene rings is 1. The van der Waals surface area contributed by atoms with Gasteiger partial charge in [0.25, 0.3) is 5.91 Å². The smallest absolute Gasteiger partial charge is 0.253 e. The van der Waals surface area contributed by atoms with Gasteiger partial charge in [-0.1, -0.05) is 0 Å². The van der Waals surface area contributed by atoms with Crippen LogP contribution < -0.4 is 9.88 Å². The molecule has 0 bridgehead atoms. The topological polar surface area (TPSA) is 55.5 Å². The Morgan fingerprint density at radius 2 is 1.64 bits per heavy atom. The molecule has 1 saturated heterocycles. The molecule has 4 rings (SSSR count). The summed E-state index contributed by atoms with van der Waals surface area (Å²) in [7, 11) is 0. The fraction of sp³-hybridized carbons (Fsp3) is 0.211. The quantitative estimate of drug-likeness (QED) is 0.732. The first-order valence-electron chi connectivity index (χ1n) is 8.42. The number of piperazine rings is 1. The molecule has 0 atom stereocenters. The molecule has 0 unspecified atom stereocenters. The third-order valence-electron chi connectivity index (χ3n) is 4.52. The molecular formula is C19H20N5O+. The number of hydrogen-bond donors (Lipinski definition) is 0. The van der Waals surface area contributed by atoms with Crippen molar-refractivity contribution in [1.29, 1.82) is 0 Å². The summed E-state index contributed by atoms with van der Waals surface area (Å²) < 4.78 is 1.78. The number of pyridine rings is 1. The van der Waals surface area contributed by atoms with Crippen molar-refractivity contribution in [2.45, 2.75) is 0 Å². The largest absolute Gasteiger partial charge is 0.368 e. The number of anilines is 1. The van der Waals surface area contributed by atoms with E-state index in [0.717, 1.165) is 37.4 Å². The molecule has 2 aromatic heterocycles. The van der Waals surface area contributed by atoms with Crippen molar-refractivity contribution in [3.63, 3.8) is 0 Å². The van der Waals surface area contributed by atoms with E-state index in [1.807, 2.05) is 53.8 Å². The minimum Gasteiger partial charge on any atom is -0.368 e. The monoisotopic (exact) mass is 334 g/mol. The zero-order chi connectivity index (χ0) is 17.1. The molecule has 0 aliphatic carbocycles. The van der Waals surface area contributed by atoms with E-state index >= 15 is 0 Å². The number of carbonyl (C=O) groups excluding carboxylic acids is 1. The van der Waals surface area contributed by atoms with Crippen LogP contribution in [0, 0.1) is 0 Å². The molecule has 25 heavy (non-hydrogen) atoms. The number of H-pyrrole nitrogens is 1. The Labute approximate surface area is 146 Å². The van der Waals surface area contributed by atoms with Crippen LogP contribution >= 0.6 is 0 Å². The number of carbonyl (C=O) groups is 1. The lowest BCUT2D eigenvalue weighted by atomic mass is 10.1. The summed E-state index contributed by atoms with van der Waals surface area (Å²) in [4.78, 5) is 20.0. The van der Waals surface area contributed by atoms with Crippen molar-refractivity contribution in [2.24, 2.45) is 0 Å². The zero-order valence-corrected chi connectivity index (χ0v) is 13.9. The van der Waals surface area contributed by atoms with E-state index in [-0.39, 0.29) is 5.91 Å². The van der Waals surface area contributed by atoms with Gasteiger partial charge >= 0.3 is 0 Å². The Morgan fingerprint density at radius 3 is 2.28 bits per heavy atom. The fourth-order valence-corrected chi connectivity index (χ4v) is 3.12. The molecule has 0 spiro atoms. The van der Waals surface area contributed by atoms with Crippen molar-refractivity contribution >= 4 is 11.6 Å². The summed E-state index contributed by atoms with van der Waals surface area (Å²) in [6.45, 7) is 3.17. The third kappa shape index (κ3) is 3.24. The van der Waals surface area contributed by atoms with Crippen LogP contribution in [0.1, 0.15) is 10.4 Å². The Morgan fingerprint density at radius 1 is 0.920 bits per heavy atom. The van der Waals surface area contributed by atoms with Gasteiger partial charge in [0.1, 0.15) is 0 Å². The zero-order valence-electron chi connectivity index (χ0n) is 13.9. The molecule has 1 N–H and O–H groups in total. The fourth-order valence-electron chi connectivity index (χ4n) is 3.12. The van der Waals surface area contributed by atoms with E-state index in [0.29, 0.717) is 0 Å². The van der Waals surface area contributed by atoms with Crippen molar-refractivity contribution in [3.8, 4) is 5.69 Å². The SMILES string of the molecule is O=C(c1ccc(-n2cccn2)cc1)N1CCN(c2cc[nH+]cc2)CC1. The van der Waals surface area contributed by atoms with Gasteiger partial charge in [-0.05, 0) is 30.3 Å². The lowest BCUT2D eigenvalue weighted by Gasteiger charge is -2.35. The van der Waals surface area contributed by atoms with Gasteiger partial charge in [0.15, 0.2) is 12.4 Å². The summed E-state index contributed by atoms with van der Waals surface area (Å²) in [5.74, 6) is 0.0908. The second-order valence-corrected chi connectivity index (χ2v) is 6.03. The van der Waals surface area contributed by atoms with Crippen molar-refractivity contribution < 1.29 is 9.78 Å². The number of aromatic amines is 1. The normalized spacial score (nSPS) is 14.6. The Kier molecular flexibility index (Phi) is 4.16. The predicted octanol–water partition coefficient (Wildman–Crippen LogP) is 1.65. The van der Waals surface area contributed by atoms with Crippen LogP contribution in [0.25, 0.3) is 5.69 Å². The first kappa shape index (κ1) is 15.4. The molecule has 1 aromatic carbocycles. The van der Waals surface area contributed by atoms with E-state index in [1.165, 1.54) is 5.69 Å². The lowest BCUT2D eigenvalue weighted by molar-refractivity contribution is -0.377. The standard InChI is InChI=1S/C19H19N5O/c25-19(16-2-4-18(5-3-16)24-11-1-8-21-24)23-14-12-22(13-15-23)17-6-9-20-10-7-17/h1-11H,12-15H2/p+1. The van der Waals surface area contributed by atoms with Crippen LogP contribution in [0.15, 0.2) is 67.3 Å². The molecule has 3 heterocycles. The van der Waals surface area contributed by atoms with Crippen molar-refractivity contribution in [3.05, 3.63) is 72.8 Å². The maximum absolute atomic E-state index is 12.7. The lowest BCUT2D eigenvalue weighted by Crippen LogP contribution is -2.48. The highest BCUT2D eigenvalue weighted by Crippen LogP contribution is 2.16. The number of nitrogens with one attached hydrogen (secondary N) is 1. The molecule has 0 saturated carbocycles. The Hall–Kier alpha value is -3.15. The summed E-state index contributed by atoms with van der Waals surface area (Å²) in [5.41, 5.74) is 2.86. The van der Waals surface area contributed by atoms with E-state index in [9.17, 15) is 4.79 Å². The first-order valence-corrected chi connectivity index (χ1v) is 8.42. The number of hydrogen-bond acceptors (Lipinski definition) is 3. The minimum atomic E-state index is 0.0908. The maximum atomic E-state index is 12.7. The second-order valence-electron chi connectivity index (χ2n) is 6.03. The molecule has 6 heteroatoms. The van der Waals surface area contributed by atoms with Gasteiger partial charge in [-0.3, -0.25) is 4.79 Å². The molecule has 6 nitrogen and oxygen atoms in total. The molecule has 1 fully saturated rings. The average Bonchev–Trinajstić information content (AvgIpc) is 3.23. The number of rotatable bonds is 3. The highest BCUT2D eigenvalue weighted by Gasteiger charge is 2.22. The summed E-state index contributed by atoms with van der Waals surface area (Å²) in [6, 6.07) is 13.6. The van der Waals surface area contributed by atoms with Gasteiger partial charge in [-0.25, -0.2) is 9.67 Å². The predicted molar refractivity (Wildman–Crippen MR) is 94.7 cm³/mol. The first-order chi connectivity index (χ1) is 12.3.